The van der Waals surface area contributed by atoms with Gasteiger partial charge >= 0.3 is 0 Å². The number of benzene rings is 1. The van der Waals surface area contributed by atoms with E-state index in [4.69, 9.17) is 0 Å². The van der Waals surface area contributed by atoms with Crippen LogP contribution in [0.1, 0.15) is 69.1 Å². The summed E-state index contributed by atoms with van der Waals surface area (Å²) in [6.45, 7) is 4.43. The molecule has 1 aromatic rings. The molecule has 0 aliphatic heterocycles. The second-order valence-electron chi connectivity index (χ2n) is 8.28. The van der Waals surface area contributed by atoms with E-state index in [-0.39, 0.29) is 11.2 Å². The zero-order valence-electron chi connectivity index (χ0n) is 14.0. The smallest absolute Gasteiger partial charge is 0.139 e. The van der Waals surface area contributed by atoms with Crippen molar-refractivity contribution in [3.63, 3.8) is 0 Å². The summed E-state index contributed by atoms with van der Waals surface area (Å²) >= 11 is 0. The first-order chi connectivity index (χ1) is 10.9. The van der Waals surface area contributed by atoms with Gasteiger partial charge in [0, 0.05) is 11.8 Å². The van der Waals surface area contributed by atoms with E-state index >= 15 is 0 Å². The van der Waals surface area contributed by atoms with Gasteiger partial charge in [0.2, 0.25) is 0 Å². The highest BCUT2D eigenvalue weighted by atomic mass is 16.3. The maximum Gasteiger partial charge on any atom is 0.139 e. The van der Waals surface area contributed by atoms with Gasteiger partial charge in [-0.1, -0.05) is 19.9 Å². The standard InChI is InChI=1S/C20H26O3/c1-11-10-20(2)16(4-3-5-18(20)23)15-9-17(22)14-8-12(21)6-7-13(14)19(11)15/h6-8,11,15-17,19,21-22H,3-5,9-10H2,1-2H3/t11?,15-,16+,17?,19-,20+/m1/s1. The molecule has 2 fully saturated rings. The third kappa shape index (κ3) is 2.09. The number of Topliss-reactive ketones (excluding diaryl/α,β-unsaturated/α-hetero) is 1. The zero-order chi connectivity index (χ0) is 16.4. The van der Waals surface area contributed by atoms with E-state index < -0.39 is 6.10 Å². The van der Waals surface area contributed by atoms with E-state index in [2.05, 4.69) is 13.8 Å². The summed E-state index contributed by atoms with van der Waals surface area (Å²) in [4.78, 5) is 12.6. The minimum Gasteiger partial charge on any atom is -0.508 e. The zero-order valence-corrected chi connectivity index (χ0v) is 14.0. The van der Waals surface area contributed by atoms with Gasteiger partial charge in [0.05, 0.1) is 6.10 Å². The molecule has 0 saturated heterocycles. The van der Waals surface area contributed by atoms with Crippen LogP contribution in [-0.2, 0) is 4.79 Å². The summed E-state index contributed by atoms with van der Waals surface area (Å²) in [5.41, 5.74) is 1.88. The number of fused-ring (bicyclic) bond motifs is 5. The minimum atomic E-state index is -0.523. The Morgan fingerprint density at radius 3 is 2.83 bits per heavy atom. The molecule has 1 aromatic carbocycles. The maximum atomic E-state index is 12.6. The molecule has 4 rings (SSSR count). The van der Waals surface area contributed by atoms with Crippen LogP contribution in [0.15, 0.2) is 18.2 Å². The Hall–Kier alpha value is -1.35. The van der Waals surface area contributed by atoms with Gasteiger partial charge in [0.25, 0.3) is 0 Å². The van der Waals surface area contributed by atoms with Crippen LogP contribution in [0.25, 0.3) is 0 Å². The van der Waals surface area contributed by atoms with E-state index in [0.29, 0.717) is 29.5 Å². The Morgan fingerprint density at radius 1 is 1.26 bits per heavy atom. The van der Waals surface area contributed by atoms with Crippen molar-refractivity contribution in [2.24, 2.45) is 23.2 Å². The summed E-state index contributed by atoms with van der Waals surface area (Å²) in [6.07, 6.45) is 3.98. The highest BCUT2D eigenvalue weighted by Gasteiger charge is 2.56. The second-order valence-corrected chi connectivity index (χ2v) is 8.28. The third-order valence-corrected chi connectivity index (χ3v) is 7.00. The van der Waals surface area contributed by atoms with Crippen LogP contribution in [0, 0.1) is 23.2 Å². The Kier molecular flexibility index (Phi) is 3.35. The molecule has 2 saturated carbocycles. The normalized spacial score (nSPS) is 42.6. The molecule has 3 aliphatic rings. The molecule has 3 aliphatic carbocycles. The van der Waals surface area contributed by atoms with E-state index in [1.165, 1.54) is 5.56 Å². The van der Waals surface area contributed by atoms with E-state index in [9.17, 15) is 15.0 Å². The van der Waals surface area contributed by atoms with E-state index in [1.54, 1.807) is 12.1 Å². The van der Waals surface area contributed by atoms with Crippen molar-refractivity contribution in [3.8, 4) is 5.75 Å². The van der Waals surface area contributed by atoms with Crippen LogP contribution < -0.4 is 0 Å². The molecule has 3 nitrogen and oxygen atoms in total. The van der Waals surface area contributed by atoms with Crippen LogP contribution in [0.4, 0.5) is 0 Å². The predicted octanol–water partition coefficient (Wildman–Crippen LogP) is 3.94. The Labute approximate surface area is 137 Å². The third-order valence-electron chi connectivity index (χ3n) is 7.00. The maximum absolute atomic E-state index is 12.6. The van der Waals surface area contributed by atoms with Crippen molar-refractivity contribution in [3.05, 3.63) is 29.3 Å². The summed E-state index contributed by atoms with van der Waals surface area (Å²) in [5, 5.41) is 20.4. The summed E-state index contributed by atoms with van der Waals surface area (Å²) in [5.74, 6) is 2.26. The van der Waals surface area contributed by atoms with Gasteiger partial charge in [-0.3, -0.25) is 4.79 Å². The Balaban J connectivity index is 1.80. The quantitative estimate of drug-likeness (QED) is 0.762. The molecule has 0 bridgehead atoms. The molecular weight excluding hydrogens is 288 g/mol. The molecular formula is C20H26O3. The van der Waals surface area contributed by atoms with Crippen LogP contribution in [-0.4, -0.2) is 16.0 Å². The lowest BCUT2D eigenvalue weighted by Gasteiger charge is -2.56. The number of aromatic hydroxyl groups is 1. The monoisotopic (exact) mass is 314 g/mol. The van der Waals surface area contributed by atoms with E-state index in [0.717, 1.165) is 37.7 Å². The van der Waals surface area contributed by atoms with Crippen molar-refractivity contribution in [2.45, 2.75) is 58.0 Å². The SMILES string of the molecule is CC1C[C@]2(C)C(=O)CCC[C@H]2[C@H]2CC(O)c3cc(O)ccc3[C@@H]12. The lowest BCUT2D eigenvalue weighted by atomic mass is 9.47. The molecule has 23 heavy (non-hydrogen) atoms. The number of carbonyl (C=O) groups is 1. The lowest BCUT2D eigenvalue weighted by molar-refractivity contribution is -0.144. The van der Waals surface area contributed by atoms with Crippen LogP contribution in [0.5, 0.6) is 5.75 Å². The molecule has 124 valence electrons. The van der Waals surface area contributed by atoms with Gasteiger partial charge in [0.15, 0.2) is 0 Å². The number of hydrogen-bond acceptors (Lipinski definition) is 3. The average Bonchev–Trinajstić information content (AvgIpc) is 2.49. The number of phenols is 1. The van der Waals surface area contributed by atoms with Gasteiger partial charge in [-0.15, -0.1) is 0 Å². The first-order valence-electron chi connectivity index (χ1n) is 8.96. The lowest BCUT2D eigenvalue weighted by Crippen LogP contribution is -2.52. The van der Waals surface area contributed by atoms with Crippen molar-refractivity contribution in [2.75, 3.05) is 0 Å². The summed E-state index contributed by atoms with van der Waals surface area (Å²) in [7, 11) is 0. The van der Waals surface area contributed by atoms with Crippen molar-refractivity contribution in [1.82, 2.24) is 0 Å². The molecule has 2 unspecified atom stereocenters. The van der Waals surface area contributed by atoms with Gasteiger partial charge in [0.1, 0.15) is 11.5 Å². The average molecular weight is 314 g/mol. The Morgan fingerprint density at radius 2 is 2.04 bits per heavy atom. The molecule has 0 heterocycles. The number of ketones is 1. The highest BCUT2D eigenvalue weighted by molar-refractivity contribution is 5.85. The highest BCUT2D eigenvalue weighted by Crippen LogP contribution is 2.61. The molecule has 3 heteroatoms. The van der Waals surface area contributed by atoms with Crippen LogP contribution in [0.2, 0.25) is 0 Å². The number of aliphatic hydroxyl groups is 1. The number of aliphatic hydroxyl groups excluding tert-OH is 1. The fourth-order valence-corrected chi connectivity index (χ4v) is 6.10. The summed E-state index contributed by atoms with van der Waals surface area (Å²) in [6, 6.07) is 5.46. The van der Waals surface area contributed by atoms with Gasteiger partial charge in [-0.25, -0.2) is 0 Å². The number of rotatable bonds is 0. The topological polar surface area (TPSA) is 57.5 Å². The molecule has 0 amide bonds. The van der Waals surface area contributed by atoms with Gasteiger partial charge in [-0.2, -0.15) is 0 Å². The van der Waals surface area contributed by atoms with E-state index in [1.807, 2.05) is 6.07 Å². The van der Waals surface area contributed by atoms with Gasteiger partial charge in [-0.05, 0) is 72.6 Å². The molecule has 6 atom stereocenters. The first kappa shape index (κ1) is 15.2. The number of phenolic OH excluding ortho intramolecular Hbond substituents is 1. The summed E-state index contributed by atoms with van der Waals surface area (Å²) < 4.78 is 0. The predicted molar refractivity (Wildman–Crippen MR) is 88.2 cm³/mol. The second kappa shape index (κ2) is 5.07. The van der Waals surface area contributed by atoms with Crippen molar-refractivity contribution >= 4 is 5.78 Å². The molecule has 2 N–H and O–H groups in total. The molecule has 0 radical (unpaired) electrons. The van der Waals surface area contributed by atoms with Crippen molar-refractivity contribution < 1.29 is 15.0 Å². The van der Waals surface area contributed by atoms with Crippen molar-refractivity contribution in [1.29, 1.82) is 0 Å². The minimum absolute atomic E-state index is 0.201. The van der Waals surface area contributed by atoms with Gasteiger partial charge < -0.3 is 10.2 Å². The largest absolute Gasteiger partial charge is 0.508 e. The number of hydrogen-bond donors (Lipinski definition) is 2. The van der Waals surface area contributed by atoms with Crippen LogP contribution >= 0.6 is 0 Å². The first-order valence-corrected chi connectivity index (χ1v) is 8.96. The fraction of sp³-hybridized carbons (Fsp3) is 0.650. The Bertz CT molecular complexity index is 652. The fourth-order valence-electron chi connectivity index (χ4n) is 6.10. The van der Waals surface area contributed by atoms with Crippen LogP contribution in [0.3, 0.4) is 0 Å². The number of carbonyl (C=O) groups excluding carboxylic acids is 1. The molecule has 0 aromatic heterocycles. The molecule has 0 spiro atoms.